The van der Waals surface area contributed by atoms with E-state index in [1.54, 1.807) is 18.2 Å². The van der Waals surface area contributed by atoms with Crippen LogP contribution in [0, 0.1) is 0 Å². The molecule has 0 unspecified atom stereocenters. The highest BCUT2D eigenvalue weighted by Crippen LogP contribution is 2.22. The summed E-state index contributed by atoms with van der Waals surface area (Å²) in [6, 6.07) is 23.1. The predicted molar refractivity (Wildman–Crippen MR) is 102 cm³/mol. The molecule has 0 saturated heterocycles. The highest BCUT2D eigenvalue weighted by molar-refractivity contribution is 6.35. The summed E-state index contributed by atoms with van der Waals surface area (Å²) < 4.78 is 5.30. The van der Waals surface area contributed by atoms with Crippen LogP contribution < -0.4 is 0 Å². The Morgan fingerprint density at radius 1 is 0.840 bits per heavy atom. The summed E-state index contributed by atoms with van der Waals surface area (Å²) in [4.78, 5) is 12.0. The van der Waals surface area contributed by atoms with Crippen molar-refractivity contribution in [3.05, 3.63) is 94.0 Å². The van der Waals surface area contributed by atoms with Gasteiger partial charge in [0.15, 0.2) is 0 Å². The fourth-order valence-electron chi connectivity index (χ4n) is 2.46. The molecule has 0 saturated carbocycles. The third-order valence-corrected chi connectivity index (χ3v) is 4.40. The van der Waals surface area contributed by atoms with Gasteiger partial charge in [-0.15, -0.1) is 0 Å². The molecule has 0 aliphatic carbocycles. The molecule has 0 aliphatic heterocycles. The van der Waals surface area contributed by atoms with E-state index in [-0.39, 0.29) is 19.0 Å². The maximum Gasteiger partial charge on any atom is 0.310 e. The molecule has 126 valence electrons. The molecule has 3 aromatic carbocycles. The van der Waals surface area contributed by atoms with E-state index in [4.69, 9.17) is 27.9 Å². The molecule has 2 nitrogen and oxygen atoms in total. The second kappa shape index (κ2) is 8.19. The van der Waals surface area contributed by atoms with Gasteiger partial charge in [0.2, 0.25) is 0 Å². The lowest BCUT2D eigenvalue weighted by Crippen LogP contribution is -2.08. The molecule has 0 fully saturated rings. The number of carbonyl (C=O) groups excluding carboxylic acids is 1. The molecule has 0 amide bonds. The number of ether oxygens (including phenoxy) is 1. The number of hydrogen-bond acceptors (Lipinski definition) is 2. The fourth-order valence-corrected chi connectivity index (χ4v) is 2.92. The van der Waals surface area contributed by atoms with Crippen molar-refractivity contribution in [2.75, 3.05) is 0 Å². The SMILES string of the molecule is O=C(Cc1ccc(-c2ccccc2)cc1)OCc1ccc(Cl)cc1Cl. The molecule has 0 aliphatic rings. The standard InChI is InChI=1S/C21H16Cl2O2/c22-19-11-10-18(20(23)13-19)14-25-21(24)12-15-6-8-17(9-7-15)16-4-2-1-3-5-16/h1-11,13H,12,14H2. The minimum Gasteiger partial charge on any atom is -0.461 e. The van der Waals surface area contributed by atoms with Gasteiger partial charge in [0, 0.05) is 15.6 Å². The van der Waals surface area contributed by atoms with E-state index in [0.29, 0.717) is 10.0 Å². The second-order valence-corrected chi connectivity index (χ2v) is 6.48. The van der Waals surface area contributed by atoms with Gasteiger partial charge in [0.1, 0.15) is 6.61 Å². The molecule has 3 aromatic rings. The van der Waals surface area contributed by atoms with Crippen LogP contribution >= 0.6 is 23.2 Å². The lowest BCUT2D eigenvalue weighted by atomic mass is 10.0. The Labute approximate surface area is 157 Å². The van der Waals surface area contributed by atoms with Crippen LogP contribution in [0.25, 0.3) is 11.1 Å². The van der Waals surface area contributed by atoms with Crippen LogP contribution in [0.1, 0.15) is 11.1 Å². The van der Waals surface area contributed by atoms with Crippen molar-refractivity contribution < 1.29 is 9.53 Å². The molecule has 25 heavy (non-hydrogen) atoms. The summed E-state index contributed by atoms with van der Waals surface area (Å²) >= 11 is 11.9. The van der Waals surface area contributed by atoms with E-state index in [0.717, 1.165) is 22.3 Å². The van der Waals surface area contributed by atoms with Crippen molar-refractivity contribution in [1.29, 1.82) is 0 Å². The average Bonchev–Trinajstić information content (AvgIpc) is 2.62. The zero-order valence-electron chi connectivity index (χ0n) is 13.4. The van der Waals surface area contributed by atoms with Gasteiger partial charge < -0.3 is 4.74 Å². The second-order valence-electron chi connectivity index (χ2n) is 5.64. The maximum absolute atomic E-state index is 12.0. The molecule has 0 spiro atoms. The first-order valence-electron chi connectivity index (χ1n) is 7.86. The van der Waals surface area contributed by atoms with Gasteiger partial charge in [-0.3, -0.25) is 4.79 Å². The monoisotopic (exact) mass is 370 g/mol. The first-order chi connectivity index (χ1) is 12.1. The summed E-state index contributed by atoms with van der Waals surface area (Å²) in [5.41, 5.74) is 3.91. The maximum atomic E-state index is 12.0. The Morgan fingerprint density at radius 2 is 1.52 bits per heavy atom. The summed E-state index contributed by atoms with van der Waals surface area (Å²) in [5, 5.41) is 1.05. The highest BCUT2D eigenvalue weighted by atomic mass is 35.5. The lowest BCUT2D eigenvalue weighted by molar-refractivity contribution is -0.144. The van der Waals surface area contributed by atoms with E-state index < -0.39 is 0 Å². The van der Waals surface area contributed by atoms with Gasteiger partial charge in [-0.05, 0) is 28.8 Å². The van der Waals surface area contributed by atoms with Crippen molar-refractivity contribution in [1.82, 2.24) is 0 Å². The molecule has 0 N–H and O–H groups in total. The number of hydrogen-bond donors (Lipinski definition) is 0. The Bertz CT molecular complexity index is 859. The molecule has 4 heteroatoms. The smallest absolute Gasteiger partial charge is 0.310 e. The zero-order chi connectivity index (χ0) is 17.6. The lowest BCUT2D eigenvalue weighted by Gasteiger charge is -2.08. The van der Waals surface area contributed by atoms with Crippen molar-refractivity contribution >= 4 is 29.2 Å². The molecule has 0 radical (unpaired) electrons. The van der Waals surface area contributed by atoms with Crippen molar-refractivity contribution in [2.45, 2.75) is 13.0 Å². The van der Waals surface area contributed by atoms with E-state index >= 15 is 0 Å². The summed E-state index contributed by atoms with van der Waals surface area (Å²) in [7, 11) is 0. The Balaban J connectivity index is 1.57. The zero-order valence-corrected chi connectivity index (χ0v) is 14.9. The molecular weight excluding hydrogens is 355 g/mol. The Kier molecular flexibility index (Phi) is 5.75. The number of benzene rings is 3. The normalized spacial score (nSPS) is 10.5. The van der Waals surface area contributed by atoms with Crippen LogP contribution in [0.4, 0.5) is 0 Å². The molecule has 3 rings (SSSR count). The average molecular weight is 371 g/mol. The summed E-state index contributed by atoms with van der Waals surface area (Å²) in [6.07, 6.45) is 0.222. The topological polar surface area (TPSA) is 26.3 Å². The highest BCUT2D eigenvalue weighted by Gasteiger charge is 2.08. The predicted octanol–water partition coefficient (Wildman–Crippen LogP) is 5.95. The van der Waals surface area contributed by atoms with Gasteiger partial charge in [0.05, 0.1) is 6.42 Å². The van der Waals surface area contributed by atoms with Crippen LogP contribution in [0.3, 0.4) is 0 Å². The molecule has 0 heterocycles. The van der Waals surface area contributed by atoms with Gasteiger partial charge >= 0.3 is 5.97 Å². The van der Waals surface area contributed by atoms with Gasteiger partial charge in [-0.2, -0.15) is 0 Å². The van der Waals surface area contributed by atoms with Crippen LogP contribution in [0.5, 0.6) is 0 Å². The fraction of sp³-hybridized carbons (Fsp3) is 0.0952. The number of rotatable bonds is 5. The van der Waals surface area contributed by atoms with Gasteiger partial charge in [-0.1, -0.05) is 83.9 Å². The van der Waals surface area contributed by atoms with Gasteiger partial charge in [-0.25, -0.2) is 0 Å². The van der Waals surface area contributed by atoms with E-state index in [1.165, 1.54) is 0 Å². The van der Waals surface area contributed by atoms with Crippen LogP contribution in [-0.4, -0.2) is 5.97 Å². The summed E-state index contributed by atoms with van der Waals surface area (Å²) in [5.74, 6) is -0.293. The van der Waals surface area contributed by atoms with Crippen molar-refractivity contribution in [2.24, 2.45) is 0 Å². The minimum absolute atomic E-state index is 0.136. The van der Waals surface area contributed by atoms with E-state index in [9.17, 15) is 4.79 Å². The first-order valence-corrected chi connectivity index (χ1v) is 8.61. The van der Waals surface area contributed by atoms with E-state index in [1.807, 2.05) is 42.5 Å². The number of halogens is 2. The third-order valence-electron chi connectivity index (χ3n) is 3.81. The van der Waals surface area contributed by atoms with Gasteiger partial charge in [0.25, 0.3) is 0 Å². The Morgan fingerprint density at radius 3 is 2.20 bits per heavy atom. The van der Waals surface area contributed by atoms with Crippen molar-refractivity contribution in [3.63, 3.8) is 0 Å². The first kappa shape index (κ1) is 17.5. The number of carbonyl (C=O) groups is 1. The largest absolute Gasteiger partial charge is 0.461 e. The minimum atomic E-state index is -0.293. The summed E-state index contributed by atoms with van der Waals surface area (Å²) in [6.45, 7) is 0.136. The van der Waals surface area contributed by atoms with E-state index in [2.05, 4.69) is 12.1 Å². The van der Waals surface area contributed by atoms with Crippen LogP contribution in [0.15, 0.2) is 72.8 Å². The van der Waals surface area contributed by atoms with Crippen molar-refractivity contribution in [3.8, 4) is 11.1 Å². The Hall–Kier alpha value is -2.29. The third kappa shape index (κ3) is 4.85. The number of esters is 1. The molecule has 0 atom stereocenters. The van der Waals surface area contributed by atoms with Crippen LogP contribution in [-0.2, 0) is 22.6 Å². The van der Waals surface area contributed by atoms with Crippen LogP contribution in [0.2, 0.25) is 10.0 Å². The molecular formula is C21H16Cl2O2. The molecule has 0 aromatic heterocycles. The molecule has 0 bridgehead atoms. The quantitative estimate of drug-likeness (QED) is 0.519.